The van der Waals surface area contributed by atoms with E-state index in [-0.39, 0.29) is 35.4 Å². The molecule has 13 heteroatoms. The van der Waals surface area contributed by atoms with Crippen molar-refractivity contribution in [1.82, 2.24) is 36.1 Å². The number of rotatable bonds is 13. The first-order valence-corrected chi connectivity index (χ1v) is 16.7. The lowest BCUT2D eigenvalue weighted by Crippen LogP contribution is -2.62. The monoisotopic (exact) mass is 641 g/mol. The van der Waals surface area contributed by atoms with Crippen molar-refractivity contribution < 1.29 is 29.1 Å². The average Bonchev–Trinajstić information content (AvgIpc) is 3.57. The van der Waals surface area contributed by atoms with Gasteiger partial charge >= 0.3 is 0 Å². The van der Waals surface area contributed by atoms with Crippen LogP contribution in [0.2, 0.25) is 0 Å². The molecular weight excluding hydrogens is 590 g/mol. The molecule has 0 bridgehead atoms. The maximum Gasteiger partial charge on any atom is 0.272 e. The highest BCUT2D eigenvalue weighted by Crippen LogP contribution is 2.43. The Morgan fingerprint density at radius 1 is 1.00 bits per heavy atom. The van der Waals surface area contributed by atoms with Crippen molar-refractivity contribution in [3.05, 3.63) is 24.3 Å². The van der Waals surface area contributed by atoms with Gasteiger partial charge in [0.1, 0.15) is 23.8 Å². The minimum Gasteiger partial charge on any atom is -0.381 e. The van der Waals surface area contributed by atoms with E-state index in [0.29, 0.717) is 19.4 Å². The third-order valence-electron chi connectivity index (χ3n) is 9.37. The SMILES string of the molecule is CCC[C@H](NC(=O)[C@@H]1[C@H]2CCC[C@H]2CN1C(=O)[C@@H](NC(=O)[C@@H](NC(=O)c1cnccn1)C(C)C)C(C)(C)C)C(O)C(=O)NC1CC1. The molecule has 3 fully saturated rings. The zero-order valence-electron chi connectivity index (χ0n) is 27.9. The van der Waals surface area contributed by atoms with Crippen LogP contribution in [0.1, 0.15) is 97.0 Å². The van der Waals surface area contributed by atoms with Gasteiger partial charge in [-0.2, -0.15) is 0 Å². The summed E-state index contributed by atoms with van der Waals surface area (Å²) in [4.78, 5) is 77.1. The molecule has 7 atom stereocenters. The van der Waals surface area contributed by atoms with Crippen LogP contribution in [0.25, 0.3) is 0 Å². The van der Waals surface area contributed by atoms with Gasteiger partial charge in [-0.1, -0.05) is 54.4 Å². The van der Waals surface area contributed by atoms with Crippen molar-refractivity contribution in [3.63, 3.8) is 0 Å². The van der Waals surface area contributed by atoms with Gasteiger partial charge in [0, 0.05) is 25.0 Å². The largest absolute Gasteiger partial charge is 0.381 e. The molecule has 0 aromatic carbocycles. The molecule has 5 amide bonds. The summed E-state index contributed by atoms with van der Waals surface area (Å²) in [5.41, 5.74) is -0.664. The van der Waals surface area contributed by atoms with Gasteiger partial charge in [0.2, 0.25) is 17.7 Å². The number of aromatic nitrogens is 2. The Hall–Kier alpha value is -3.61. The lowest BCUT2D eigenvalue weighted by atomic mass is 9.85. The van der Waals surface area contributed by atoms with Crippen molar-refractivity contribution in [2.75, 3.05) is 6.54 Å². The molecule has 4 rings (SSSR count). The minimum absolute atomic E-state index is 0.0605. The number of carbonyl (C=O) groups excluding carboxylic acids is 5. The van der Waals surface area contributed by atoms with Gasteiger partial charge in [0.25, 0.3) is 11.8 Å². The van der Waals surface area contributed by atoms with Crippen LogP contribution in [-0.2, 0) is 19.2 Å². The topological polar surface area (TPSA) is 183 Å². The Morgan fingerprint density at radius 3 is 2.30 bits per heavy atom. The Morgan fingerprint density at radius 2 is 1.72 bits per heavy atom. The second-order valence-electron chi connectivity index (χ2n) is 14.5. The molecule has 5 N–H and O–H groups in total. The van der Waals surface area contributed by atoms with E-state index < -0.39 is 59.3 Å². The Bertz CT molecular complexity index is 1260. The van der Waals surface area contributed by atoms with Gasteiger partial charge < -0.3 is 31.3 Å². The number of nitrogens with zero attached hydrogens (tertiary/aromatic N) is 3. The number of carbonyl (C=O) groups is 5. The smallest absolute Gasteiger partial charge is 0.272 e. The van der Waals surface area contributed by atoms with E-state index >= 15 is 0 Å². The first-order chi connectivity index (χ1) is 21.7. The summed E-state index contributed by atoms with van der Waals surface area (Å²) in [5.74, 6) is -2.57. The van der Waals surface area contributed by atoms with Crippen LogP contribution in [0.5, 0.6) is 0 Å². The van der Waals surface area contributed by atoms with E-state index in [2.05, 4.69) is 31.2 Å². The van der Waals surface area contributed by atoms with Gasteiger partial charge in [-0.3, -0.25) is 29.0 Å². The summed E-state index contributed by atoms with van der Waals surface area (Å²) < 4.78 is 0. The van der Waals surface area contributed by atoms with Crippen molar-refractivity contribution in [2.45, 2.75) is 123 Å². The summed E-state index contributed by atoms with van der Waals surface area (Å²) in [6, 6.07) is -3.47. The molecule has 254 valence electrons. The van der Waals surface area contributed by atoms with Crippen LogP contribution in [0, 0.1) is 23.2 Å². The van der Waals surface area contributed by atoms with Gasteiger partial charge in [0.15, 0.2) is 6.10 Å². The van der Waals surface area contributed by atoms with Crippen LogP contribution < -0.4 is 21.3 Å². The van der Waals surface area contributed by atoms with Crippen molar-refractivity contribution in [2.24, 2.45) is 23.2 Å². The molecule has 1 aromatic rings. The fourth-order valence-corrected chi connectivity index (χ4v) is 6.67. The van der Waals surface area contributed by atoms with Crippen molar-refractivity contribution in [3.8, 4) is 0 Å². The molecule has 0 spiro atoms. The van der Waals surface area contributed by atoms with Crippen molar-refractivity contribution in [1.29, 1.82) is 0 Å². The molecule has 46 heavy (non-hydrogen) atoms. The van der Waals surface area contributed by atoms with Gasteiger partial charge in [0.05, 0.1) is 12.2 Å². The molecule has 0 radical (unpaired) electrons. The number of amides is 5. The first kappa shape index (κ1) is 35.2. The van der Waals surface area contributed by atoms with E-state index in [4.69, 9.17) is 0 Å². The Labute approximate surface area is 271 Å². The van der Waals surface area contributed by atoms with E-state index in [1.165, 1.54) is 18.6 Å². The number of aliphatic hydroxyl groups is 1. The summed E-state index contributed by atoms with van der Waals surface area (Å²) in [6.07, 6.45) is 8.16. The second-order valence-corrected chi connectivity index (χ2v) is 14.5. The molecule has 3 aliphatic rings. The Balaban J connectivity index is 1.53. The second kappa shape index (κ2) is 14.9. The van der Waals surface area contributed by atoms with Crippen LogP contribution in [-0.4, -0.2) is 92.4 Å². The predicted octanol–water partition coefficient (Wildman–Crippen LogP) is 1.31. The number of likely N-dealkylation sites (tertiary alicyclic amines) is 1. The first-order valence-electron chi connectivity index (χ1n) is 16.7. The van der Waals surface area contributed by atoms with Crippen LogP contribution >= 0.6 is 0 Å². The molecule has 2 heterocycles. The third-order valence-corrected chi connectivity index (χ3v) is 9.37. The number of aliphatic hydroxyl groups excluding tert-OH is 1. The number of nitrogens with one attached hydrogen (secondary N) is 4. The Kier molecular flexibility index (Phi) is 11.4. The molecule has 2 aliphatic carbocycles. The van der Waals surface area contributed by atoms with E-state index in [1.807, 2.05) is 27.7 Å². The van der Waals surface area contributed by atoms with Crippen LogP contribution in [0.3, 0.4) is 0 Å². The molecule has 1 aliphatic heterocycles. The molecule has 1 aromatic heterocycles. The fraction of sp³-hybridized carbons (Fsp3) is 0.727. The maximum absolute atomic E-state index is 14.4. The standard InChI is InChI=1S/C33H51N7O6/c1-7-9-22(26(41)31(45)36-20-12-13-20)37-30(44)25-21-11-8-10-19(21)17-40(25)32(46)27(33(4,5)6)39-29(43)24(18(2)3)38-28(42)23-16-34-14-15-35-23/h14-16,18-22,24-27,41H,7-13,17H2,1-6H3,(H,36,45)(H,37,44)(H,38,42)(H,39,43)/t19-,21-,22-,24-,25-,26?,27+/m0/s1. The van der Waals surface area contributed by atoms with E-state index in [9.17, 15) is 29.1 Å². The highest BCUT2D eigenvalue weighted by atomic mass is 16.3. The minimum atomic E-state index is -1.40. The zero-order valence-corrected chi connectivity index (χ0v) is 27.9. The predicted molar refractivity (Wildman–Crippen MR) is 170 cm³/mol. The van der Waals surface area contributed by atoms with E-state index in [0.717, 1.165) is 32.1 Å². The summed E-state index contributed by atoms with van der Waals surface area (Å²) in [6.45, 7) is 11.4. The summed E-state index contributed by atoms with van der Waals surface area (Å²) in [5, 5.41) is 22.3. The normalized spacial score (nSPS) is 23.6. The lowest BCUT2D eigenvalue weighted by molar-refractivity contribution is -0.145. The lowest BCUT2D eigenvalue weighted by Gasteiger charge is -2.37. The van der Waals surface area contributed by atoms with Crippen LogP contribution in [0.4, 0.5) is 0 Å². The zero-order chi connectivity index (χ0) is 33.8. The highest BCUT2D eigenvalue weighted by molar-refractivity contribution is 5.98. The number of hydrogen-bond acceptors (Lipinski definition) is 8. The maximum atomic E-state index is 14.4. The number of hydrogen-bond donors (Lipinski definition) is 5. The molecule has 13 nitrogen and oxygen atoms in total. The van der Waals surface area contributed by atoms with Crippen molar-refractivity contribution >= 4 is 29.5 Å². The van der Waals surface area contributed by atoms with Crippen LogP contribution in [0.15, 0.2) is 18.6 Å². The summed E-state index contributed by atoms with van der Waals surface area (Å²) in [7, 11) is 0. The fourth-order valence-electron chi connectivity index (χ4n) is 6.67. The quantitative estimate of drug-likeness (QED) is 0.214. The molecule has 1 unspecified atom stereocenters. The van der Waals surface area contributed by atoms with Gasteiger partial charge in [-0.05, 0) is 55.3 Å². The third kappa shape index (κ3) is 8.40. The van der Waals surface area contributed by atoms with Gasteiger partial charge in [-0.25, -0.2) is 4.98 Å². The molecule has 2 saturated carbocycles. The highest BCUT2D eigenvalue weighted by Gasteiger charge is 2.52. The molecular formula is C33H51N7O6. The van der Waals surface area contributed by atoms with E-state index in [1.54, 1.807) is 18.7 Å². The van der Waals surface area contributed by atoms with Gasteiger partial charge in [-0.15, -0.1) is 0 Å². The molecule has 1 saturated heterocycles. The average molecular weight is 642 g/mol. The summed E-state index contributed by atoms with van der Waals surface area (Å²) >= 11 is 0. The number of fused-ring (bicyclic) bond motifs is 1.